The lowest BCUT2D eigenvalue weighted by molar-refractivity contribution is -0.161. The first-order valence-corrected chi connectivity index (χ1v) is 39.5. The number of ether oxygens (including phenoxy) is 4. The smallest absolute Gasteiger partial charge is 0.462 e. The topological polar surface area (TPSA) is 237 Å². The van der Waals surface area contributed by atoms with Crippen molar-refractivity contribution >= 4 is 39.5 Å². The van der Waals surface area contributed by atoms with Gasteiger partial charge in [0.25, 0.3) is 0 Å². The Morgan fingerprint density at radius 2 is 0.539 bits per heavy atom. The molecule has 17 nitrogen and oxygen atoms in total. The van der Waals surface area contributed by atoms with E-state index in [0.29, 0.717) is 25.7 Å². The number of aliphatic hydroxyl groups excluding tert-OH is 1. The average Bonchev–Trinajstić information content (AvgIpc) is 3.57. The van der Waals surface area contributed by atoms with E-state index in [9.17, 15) is 43.2 Å². The molecule has 0 rings (SSSR count). The number of hydrogen-bond acceptors (Lipinski definition) is 15. The lowest BCUT2D eigenvalue weighted by atomic mass is 9.99. The zero-order valence-electron chi connectivity index (χ0n) is 57.9. The molecule has 0 fully saturated rings. The van der Waals surface area contributed by atoms with Gasteiger partial charge in [0.1, 0.15) is 19.3 Å². The second-order valence-corrected chi connectivity index (χ2v) is 28.9. The minimum Gasteiger partial charge on any atom is -0.462 e. The molecule has 89 heavy (non-hydrogen) atoms. The van der Waals surface area contributed by atoms with Gasteiger partial charge in [0.05, 0.1) is 26.4 Å². The van der Waals surface area contributed by atoms with Gasteiger partial charge in [-0.25, -0.2) is 9.13 Å². The SMILES string of the molecule is CCCCCCCCCC(=O)OC[C@H](COP(=O)(O)OC[C@H](O)COP(=O)(O)OC[C@@H](COC(=O)CCCCCCCCCCCCC(C)CC)OC(=O)CCCCCCCCCCCCC(C)CC)OC(=O)CCCCCCCCCCCCC(C)CC. The molecule has 0 spiro atoms. The Balaban J connectivity index is 5.23. The minimum atomic E-state index is -4.95. The molecule has 5 unspecified atom stereocenters. The van der Waals surface area contributed by atoms with Crippen molar-refractivity contribution in [1.29, 1.82) is 0 Å². The van der Waals surface area contributed by atoms with Crippen LogP contribution in [-0.2, 0) is 65.4 Å². The number of aliphatic hydroxyl groups is 1. The monoisotopic (exact) mass is 1310 g/mol. The Kier molecular flexibility index (Phi) is 59.6. The zero-order chi connectivity index (χ0) is 65.9. The summed E-state index contributed by atoms with van der Waals surface area (Å²) in [6.07, 6.45) is 44.3. The molecular weight excluding hydrogens is 1170 g/mol. The van der Waals surface area contributed by atoms with Gasteiger partial charge in [-0.15, -0.1) is 0 Å². The summed E-state index contributed by atoms with van der Waals surface area (Å²) in [5.41, 5.74) is 0. The first-order chi connectivity index (χ1) is 42.8. The van der Waals surface area contributed by atoms with Gasteiger partial charge in [-0.1, -0.05) is 299 Å². The van der Waals surface area contributed by atoms with Gasteiger partial charge in [-0.05, 0) is 43.4 Å². The molecule has 0 aromatic carbocycles. The highest BCUT2D eigenvalue weighted by Crippen LogP contribution is 2.45. The fourth-order valence-electron chi connectivity index (χ4n) is 10.4. The molecule has 0 amide bonds. The van der Waals surface area contributed by atoms with Gasteiger partial charge in [0, 0.05) is 25.7 Å². The van der Waals surface area contributed by atoms with Gasteiger partial charge in [-0.3, -0.25) is 37.3 Å². The highest BCUT2D eigenvalue weighted by molar-refractivity contribution is 7.47. The van der Waals surface area contributed by atoms with Crippen LogP contribution < -0.4 is 0 Å². The number of rotatable bonds is 68. The van der Waals surface area contributed by atoms with Crippen LogP contribution in [0.15, 0.2) is 0 Å². The van der Waals surface area contributed by atoms with Gasteiger partial charge < -0.3 is 33.8 Å². The van der Waals surface area contributed by atoms with E-state index in [0.717, 1.165) is 120 Å². The molecule has 0 heterocycles. The summed E-state index contributed by atoms with van der Waals surface area (Å²) in [5, 5.41) is 10.6. The Hall–Kier alpha value is -1.94. The molecule has 0 saturated heterocycles. The summed E-state index contributed by atoms with van der Waals surface area (Å²) in [4.78, 5) is 72.5. The van der Waals surface area contributed by atoms with Gasteiger partial charge in [-0.2, -0.15) is 0 Å². The van der Waals surface area contributed by atoms with Gasteiger partial charge >= 0.3 is 39.5 Å². The maximum Gasteiger partial charge on any atom is 0.472 e. The van der Waals surface area contributed by atoms with E-state index in [1.807, 2.05) is 0 Å². The predicted molar refractivity (Wildman–Crippen MR) is 358 cm³/mol. The molecule has 0 aromatic rings. The van der Waals surface area contributed by atoms with Crippen molar-refractivity contribution in [3.63, 3.8) is 0 Å². The minimum absolute atomic E-state index is 0.105. The first-order valence-electron chi connectivity index (χ1n) is 36.5. The third-order valence-electron chi connectivity index (χ3n) is 17.2. The number of unbranched alkanes of at least 4 members (excludes halogenated alkanes) is 33. The van der Waals surface area contributed by atoms with Crippen LogP contribution in [0.5, 0.6) is 0 Å². The van der Waals surface area contributed by atoms with Crippen LogP contribution in [0.25, 0.3) is 0 Å². The zero-order valence-corrected chi connectivity index (χ0v) is 59.7. The molecule has 19 heteroatoms. The number of carbonyl (C=O) groups excluding carboxylic acids is 4. The fraction of sp³-hybridized carbons (Fsp3) is 0.943. The fourth-order valence-corrected chi connectivity index (χ4v) is 12.0. The Morgan fingerprint density at radius 1 is 0.315 bits per heavy atom. The highest BCUT2D eigenvalue weighted by Gasteiger charge is 2.30. The van der Waals surface area contributed by atoms with E-state index >= 15 is 0 Å². The second-order valence-electron chi connectivity index (χ2n) is 26.0. The number of phosphoric acid groups is 2. The maximum absolute atomic E-state index is 13.0. The lowest BCUT2D eigenvalue weighted by Crippen LogP contribution is -2.30. The van der Waals surface area contributed by atoms with Crippen molar-refractivity contribution in [1.82, 2.24) is 0 Å². The summed E-state index contributed by atoms with van der Waals surface area (Å²) < 4.78 is 68.2. The maximum atomic E-state index is 13.0. The van der Waals surface area contributed by atoms with Crippen molar-refractivity contribution in [3.05, 3.63) is 0 Å². The van der Waals surface area contributed by atoms with E-state index in [1.165, 1.54) is 148 Å². The molecule has 0 aliphatic heterocycles. The number of hydrogen-bond donors (Lipinski definition) is 3. The second kappa shape index (κ2) is 61.0. The van der Waals surface area contributed by atoms with Crippen LogP contribution in [0.4, 0.5) is 0 Å². The van der Waals surface area contributed by atoms with Crippen molar-refractivity contribution < 1.29 is 80.2 Å². The van der Waals surface area contributed by atoms with E-state index in [4.69, 9.17) is 37.0 Å². The van der Waals surface area contributed by atoms with Gasteiger partial charge in [0.2, 0.25) is 0 Å². The van der Waals surface area contributed by atoms with E-state index in [-0.39, 0.29) is 25.7 Å². The van der Waals surface area contributed by atoms with E-state index in [1.54, 1.807) is 0 Å². The summed E-state index contributed by atoms with van der Waals surface area (Å²) in [6, 6.07) is 0. The average molecular weight is 1310 g/mol. The summed E-state index contributed by atoms with van der Waals surface area (Å²) in [6.45, 7) is 11.9. The summed E-state index contributed by atoms with van der Waals surface area (Å²) in [7, 11) is -9.90. The lowest BCUT2D eigenvalue weighted by Gasteiger charge is -2.21. The molecule has 0 aliphatic rings. The highest BCUT2D eigenvalue weighted by atomic mass is 31.2. The molecule has 0 radical (unpaired) electrons. The van der Waals surface area contributed by atoms with E-state index in [2.05, 4.69) is 48.5 Å². The van der Waals surface area contributed by atoms with Crippen LogP contribution in [0.3, 0.4) is 0 Å². The molecule has 0 saturated carbocycles. The van der Waals surface area contributed by atoms with Crippen LogP contribution >= 0.6 is 15.6 Å². The van der Waals surface area contributed by atoms with Crippen molar-refractivity contribution in [3.8, 4) is 0 Å². The standard InChI is InChI=1S/C70H136O17P2/c1-8-12-13-14-27-37-44-51-67(72)80-57-65(86-69(74)53-46-39-32-25-19-16-22-29-35-42-49-62(6)10-3)59-84-88(76,77)82-55-64(71)56-83-89(78,79)85-60-66(87-70(75)54-47-40-33-26-20-17-23-30-36-43-50-63(7)11-4)58-81-68(73)52-45-38-31-24-18-15-21-28-34-41-48-61(5)9-2/h61-66,71H,8-60H2,1-7H3,(H,76,77)(H,78,79)/t61?,62?,63?,64-,65+,66+/m0/s1. The van der Waals surface area contributed by atoms with Crippen molar-refractivity contribution in [2.24, 2.45) is 17.8 Å². The van der Waals surface area contributed by atoms with Crippen LogP contribution in [0.2, 0.25) is 0 Å². The summed E-state index contributed by atoms with van der Waals surface area (Å²) >= 11 is 0. The Labute approximate surface area is 543 Å². The molecule has 3 N–H and O–H groups in total. The normalized spacial score (nSPS) is 15.1. The number of phosphoric ester groups is 2. The first kappa shape index (κ1) is 87.1. The van der Waals surface area contributed by atoms with Crippen LogP contribution in [0, 0.1) is 17.8 Å². The molecule has 0 aliphatic carbocycles. The van der Waals surface area contributed by atoms with Gasteiger partial charge in [0.15, 0.2) is 12.2 Å². The molecular formula is C70H136O17P2. The molecule has 0 aromatic heterocycles. The molecule has 528 valence electrons. The third-order valence-corrected chi connectivity index (χ3v) is 19.1. The van der Waals surface area contributed by atoms with Crippen LogP contribution in [0.1, 0.15) is 350 Å². The quantitative estimate of drug-likeness (QED) is 0.0222. The van der Waals surface area contributed by atoms with E-state index < -0.39 is 97.5 Å². The molecule has 0 bridgehead atoms. The largest absolute Gasteiger partial charge is 0.472 e. The molecule has 8 atom stereocenters. The van der Waals surface area contributed by atoms with Crippen molar-refractivity contribution in [2.75, 3.05) is 39.6 Å². The summed E-state index contributed by atoms with van der Waals surface area (Å²) in [5.74, 6) is 0.286. The Bertz CT molecular complexity index is 1760. The predicted octanol–water partition coefficient (Wildman–Crippen LogP) is 19.8. The number of carbonyl (C=O) groups is 4. The van der Waals surface area contributed by atoms with Crippen molar-refractivity contribution in [2.45, 2.75) is 369 Å². The Morgan fingerprint density at radius 3 is 0.798 bits per heavy atom. The number of esters is 4. The van der Waals surface area contributed by atoms with Crippen LogP contribution in [-0.4, -0.2) is 96.7 Å². The third kappa shape index (κ3) is 60.7.